The molecule has 1 atom stereocenters. The van der Waals surface area contributed by atoms with Crippen LogP contribution in [-0.2, 0) is 0 Å². The first-order valence-corrected chi connectivity index (χ1v) is 5.04. The van der Waals surface area contributed by atoms with Gasteiger partial charge in [0.15, 0.2) is 0 Å². The van der Waals surface area contributed by atoms with E-state index in [9.17, 15) is 0 Å². The molecular formula is C10H18N4O. The monoisotopic (exact) mass is 210 g/mol. The van der Waals surface area contributed by atoms with Crippen molar-refractivity contribution in [2.75, 3.05) is 30.8 Å². The second-order valence-corrected chi connectivity index (χ2v) is 3.64. The van der Waals surface area contributed by atoms with Crippen LogP contribution in [0.4, 0.5) is 11.8 Å². The van der Waals surface area contributed by atoms with Gasteiger partial charge in [-0.2, -0.15) is 4.98 Å². The van der Waals surface area contributed by atoms with Gasteiger partial charge in [0.1, 0.15) is 5.82 Å². The van der Waals surface area contributed by atoms with Crippen LogP contribution in [0.2, 0.25) is 0 Å². The molecule has 0 bridgehead atoms. The lowest BCUT2D eigenvalue weighted by Crippen LogP contribution is -2.15. The first-order chi connectivity index (χ1) is 7.15. The third kappa shape index (κ3) is 3.71. The molecule has 0 aromatic carbocycles. The van der Waals surface area contributed by atoms with Crippen LogP contribution >= 0.6 is 0 Å². The molecule has 0 fully saturated rings. The first-order valence-electron chi connectivity index (χ1n) is 5.04. The van der Waals surface area contributed by atoms with E-state index in [2.05, 4.69) is 20.6 Å². The molecule has 0 spiro atoms. The van der Waals surface area contributed by atoms with Crippen molar-refractivity contribution in [2.45, 2.75) is 13.8 Å². The minimum absolute atomic E-state index is 0.177. The number of aryl methyl sites for hydroxylation is 1. The zero-order valence-corrected chi connectivity index (χ0v) is 9.41. The molecule has 1 heterocycles. The van der Waals surface area contributed by atoms with Gasteiger partial charge in [0.05, 0.1) is 0 Å². The van der Waals surface area contributed by atoms with E-state index in [1.807, 2.05) is 19.9 Å². The minimum Gasteiger partial charge on any atom is -0.396 e. The number of nitrogens with one attached hydrogen (secondary N) is 2. The van der Waals surface area contributed by atoms with Crippen molar-refractivity contribution in [2.24, 2.45) is 5.92 Å². The summed E-state index contributed by atoms with van der Waals surface area (Å²) in [5, 5.41) is 14.9. The van der Waals surface area contributed by atoms with Crippen LogP contribution in [0.15, 0.2) is 6.07 Å². The minimum atomic E-state index is 0.177. The van der Waals surface area contributed by atoms with E-state index in [1.54, 1.807) is 7.05 Å². The number of rotatable bonds is 5. The molecule has 15 heavy (non-hydrogen) atoms. The van der Waals surface area contributed by atoms with Gasteiger partial charge < -0.3 is 15.7 Å². The number of hydrogen-bond acceptors (Lipinski definition) is 5. The van der Waals surface area contributed by atoms with Gasteiger partial charge in [0, 0.05) is 32.0 Å². The second-order valence-electron chi connectivity index (χ2n) is 3.64. The maximum atomic E-state index is 8.88. The summed E-state index contributed by atoms with van der Waals surface area (Å²) in [4.78, 5) is 8.43. The van der Waals surface area contributed by atoms with Crippen molar-refractivity contribution in [3.05, 3.63) is 11.8 Å². The fourth-order valence-electron chi connectivity index (χ4n) is 1.11. The molecule has 1 aromatic rings. The fourth-order valence-corrected chi connectivity index (χ4v) is 1.11. The van der Waals surface area contributed by atoms with E-state index < -0.39 is 0 Å². The van der Waals surface area contributed by atoms with E-state index in [0.717, 1.165) is 11.5 Å². The van der Waals surface area contributed by atoms with Gasteiger partial charge in [-0.15, -0.1) is 0 Å². The molecular weight excluding hydrogens is 192 g/mol. The van der Waals surface area contributed by atoms with Gasteiger partial charge in [-0.3, -0.25) is 0 Å². The van der Waals surface area contributed by atoms with E-state index >= 15 is 0 Å². The van der Waals surface area contributed by atoms with Crippen LogP contribution in [0.3, 0.4) is 0 Å². The quantitative estimate of drug-likeness (QED) is 0.672. The van der Waals surface area contributed by atoms with Crippen molar-refractivity contribution in [3.63, 3.8) is 0 Å². The van der Waals surface area contributed by atoms with Gasteiger partial charge >= 0.3 is 0 Å². The average molecular weight is 210 g/mol. The summed E-state index contributed by atoms with van der Waals surface area (Å²) in [6.45, 7) is 4.77. The molecule has 3 N–H and O–H groups in total. The Balaban J connectivity index is 2.64. The molecule has 1 unspecified atom stereocenters. The summed E-state index contributed by atoms with van der Waals surface area (Å²) in [5.74, 6) is 1.61. The number of hydrogen-bond donors (Lipinski definition) is 3. The highest BCUT2D eigenvalue weighted by Crippen LogP contribution is 2.09. The molecule has 5 nitrogen and oxygen atoms in total. The highest BCUT2D eigenvalue weighted by Gasteiger charge is 2.02. The summed E-state index contributed by atoms with van der Waals surface area (Å²) in [7, 11) is 1.79. The number of nitrogens with zero attached hydrogens (tertiary/aromatic N) is 2. The van der Waals surface area contributed by atoms with Gasteiger partial charge in [0.25, 0.3) is 0 Å². The lowest BCUT2D eigenvalue weighted by atomic mass is 10.2. The highest BCUT2D eigenvalue weighted by molar-refractivity contribution is 5.41. The normalized spacial score (nSPS) is 12.3. The predicted octanol–water partition coefficient (Wildman–Crippen LogP) is 0.867. The Morgan fingerprint density at radius 1 is 1.47 bits per heavy atom. The summed E-state index contributed by atoms with van der Waals surface area (Å²) < 4.78 is 0. The number of aliphatic hydroxyl groups is 1. The van der Waals surface area contributed by atoms with Gasteiger partial charge in [0.2, 0.25) is 5.95 Å². The third-order valence-corrected chi connectivity index (χ3v) is 2.02. The van der Waals surface area contributed by atoms with Gasteiger partial charge in [-0.05, 0) is 12.8 Å². The Morgan fingerprint density at radius 2 is 2.20 bits per heavy atom. The van der Waals surface area contributed by atoms with Crippen molar-refractivity contribution >= 4 is 11.8 Å². The van der Waals surface area contributed by atoms with Crippen LogP contribution in [-0.4, -0.2) is 35.3 Å². The Labute approximate surface area is 90.0 Å². The Morgan fingerprint density at radius 3 is 2.80 bits per heavy atom. The van der Waals surface area contributed by atoms with Gasteiger partial charge in [-0.25, -0.2) is 4.98 Å². The maximum Gasteiger partial charge on any atom is 0.224 e. The zero-order valence-electron chi connectivity index (χ0n) is 9.41. The smallest absolute Gasteiger partial charge is 0.224 e. The molecule has 84 valence electrons. The molecule has 0 radical (unpaired) electrons. The topological polar surface area (TPSA) is 70.1 Å². The van der Waals surface area contributed by atoms with Crippen molar-refractivity contribution in [1.29, 1.82) is 0 Å². The van der Waals surface area contributed by atoms with Crippen LogP contribution in [0.25, 0.3) is 0 Å². The summed E-state index contributed by atoms with van der Waals surface area (Å²) in [5.41, 5.74) is 0.911. The summed E-state index contributed by atoms with van der Waals surface area (Å²) in [6.07, 6.45) is 0. The number of aliphatic hydroxyl groups excluding tert-OH is 1. The van der Waals surface area contributed by atoms with Gasteiger partial charge in [-0.1, -0.05) is 6.92 Å². The van der Waals surface area contributed by atoms with Crippen LogP contribution in [0, 0.1) is 12.8 Å². The number of aromatic nitrogens is 2. The summed E-state index contributed by atoms with van der Waals surface area (Å²) >= 11 is 0. The Hall–Kier alpha value is -1.36. The molecule has 1 rings (SSSR count). The van der Waals surface area contributed by atoms with Crippen LogP contribution in [0.5, 0.6) is 0 Å². The van der Waals surface area contributed by atoms with Crippen molar-refractivity contribution < 1.29 is 5.11 Å². The van der Waals surface area contributed by atoms with Crippen molar-refractivity contribution in [3.8, 4) is 0 Å². The maximum absolute atomic E-state index is 8.88. The van der Waals surface area contributed by atoms with E-state index in [0.29, 0.717) is 12.5 Å². The Kier molecular flexibility index (Phi) is 4.30. The third-order valence-electron chi connectivity index (χ3n) is 2.02. The van der Waals surface area contributed by atoms with Crippen LogP contribution < -0.4 is 10.6 Å². The SMILES string of the molecule is CNc1nc(C)cc(NCC(C)CO)n1. The van der Waals surface area contributed by atoms with Crippen LogP contribution in [0.1, 0.15) is 12.6 Å². The molecule has 0 saturated carbocycles. The highest BCUT2D eigenvalue weighted by atomic mass is 16.3. The lowest BCUT2D eigenvalue weighted by Gasteiger charge is -2.11. The lowest BCUT2D eigenvalue weighted by molar-refractivity contribution is 0.244. The summed E-state index contributed by atoms with van der Waals surface area (Å²) in [6, 6.07) is 1.88. The molecule has 0 aliphatic heterocycles. The zero-order chi connectivity index (χ0) is 11.3. The molecule has 0 saturated heterocycles. The molecule has 1 aromatic heterocycles. The molecule has 0 amide bonds. The standard InChI is InChI=1S/C10H18N4O/c1-7(6-15)5-12-9-4-8(2)13-10(11-3)14-9/h4,7,15H,5-6H2,1-3H3,(H2,11,12,13,14). The van der Waals surface area contributed by atoms with E-state index in [-0.39, 0.29) is 12.5 Å². The first kappa shape index (κ1) is 11.7. The molecule has 0 aliphatic carbocycles. The Bertz CT molecular complexity index is 316. The van der Waals surface area contributed by atoms with Crippen molar-refractivity contribution in [1.82, 2.24) is 9.97 Å². The van der Waals surface area contributed by atoms with E-state index in [4.69, 9.17) is 5.11 Å². The number of anilines is 2. The predicted molar refractivity (Wildman–Crippen MR) is 61.1 cm³/mol. The average Bonchev–Trinajstić information content (AvgIpc) is 2.25. The molecule has 0 aliphatic rings. The fraction of sp³-hybridized carbons (Fsp3) is 0.600. The second kappa shape index (κ2) is 5.50. The van der Waals surface area contributed by atoms with E-state index in [1.165, 1.54) is 0 Å². The molecule has 5 heteroatoms. The largest absolute Gasteiger partial charge is 0.396 e.